The van der Waals surface area contributed by atoms with E-state index in [2.05, 4.69) is 0 Å². The molecule has 2 fully saturated rings. The van der Waals surface area contributed by atoms with E-state index in [0.29, 0.717) is 12.8 Å². The largest absolute Gasteiger partial charge is 0.481 e. The number of carboxylic acids is 1. The number of sulfonamides is 1. The van der Waals surface area contributed by atoms with Crippen LogP contribution in [0.2, 0.25) is 0 Å². The van der Waals surface area contributed by atoms with Crippen molar-refractivity contribution >= 4 is 16.0 Å². The standard InChI is InChI=1S/C12H21NO5S/c1-13(11-8-18-7-10(11)12(14)15)19(16,17)9-5-3-2-4-6-9/h9-11H,2-8H2,1H3,(H,14,15). The zero-order chi connectivity index (χ0) is 14.0. The maximum atomic E-state index is 12.5. The Balaban J connectivity index is 2.13. The molecule has 2 aliphatic rings. The second kappa shape index (κ2) is 5.76. The summed E-state index contributed by atoms with van der Waals surface area (Å²) >= 11 is 0. The molecule has 0 aromatic heterocycles. The van der Waals surface area contributed by atoms with Gasteiger partial charge in [0.2, 0.25) is 10.0 Å². The van der Waals surface area contributed by atoms with Gasteiger partial charge in [-0.3, -0.25) is 4.79 Å². The number of hydrogen-bond acceptors (Lipinski definition) is 4. The van der Waals surface area contributed by atoms with Crippen molar-refractivity contribution in [2.45, 2.75) is 43.4 Å². The third kappa shape index (κ3) is 2.93. The molecule has 0 aromatic carbocycles. The summed E-state index contributed by atoms with van der Waals surface area (Å²) in [6, 6.07) is -0.579. The maximum absolute atomic E-state index is 12.5. The quantitative estimate of drug-likeness (QED) is 0.823. The van der Waals surface area contributed by atoms with Crippen molar-refractivity contribution in [1.82, 2.24) is 4.31 Å². The third-order valence-electron chi connectivity index (χ3n) is 4.21. The lowest BCUT2D eigenvalue weighted by molar-refractivity contribution is -0.142. The van der Waals surface area contributed by atoms with Gasteiger partial charge in [0.1, 0.15) is 0 Å². The first-order valence-corrected chi connectivity index (χ1v) is 8.22. The first-order chi connectivity index (χ1) is 8.94. The van der Waals surface area contributed by atoms with E-state index in [1.165, 1.54) is 11.4 Å². The Labute approximate surface area is 113 Å². The Kier molecular flexibility index (Phi) is 4.47. The SMILES string of the molecule is CN(C1COCC1C(=O)O)S(=O)(=O)C1CCCCC1. The van der Waals surface area contributed by atoms with Crippen LogP contribution in [0.3, 0.4) is 0 Å². The van der Waals surface area contributed by atoms with Crippen LogP contribution in [0.25, 0.3) is 0 Å². The van der Waals surface area contributed by atoms with E-state index >= 15 is 0 Å². The molecule has 1 saturated carbocycles. The molecule has 0 amide bonds. The van der Waals surface area contributed by atoms with Gasteiger partial charge in [-0.05, 0) is 12.8 Å². The predicted molar refractivity (Wildman–Crippen MR) is 69.3 cm³/mol. The van der Waals surface area contributed by atoms with Gasteiger partial charge in [0.15, 0.2) is 0 Å². The summed E-state index contributed by atoms with van der Waals surface area (Å²) in [5.74, 6) is -1.75. The molecule has 110 valence electrons. The molecular formula is C12H21NO5S. The fourth-order valence-corrected chi connectivity index (χ4v) is 4.91. The van der Waals surface area contributed by atoms with Gasteiger partial charge in [0.25, 0.3) is 0 Å². The van der Waals surface area contributed by atoms with Crippen LogP contribution in [0.4, 0.5) is 0 Å². The number of carboxylic acid groups (broad SMARTS) is 1. The Morgan fingerprint density at radius 3 is 2.42 bits per heavy atom. The minimum atomic E-state index is -3.42. The number of hydrogen-bond donors (Lipinski definition) is 1. The van der Waals surface area contributed by atoms with Crippen molar-refractivity contribution < 1.29 is 23.1 Å². The predicted octanol–water partition coefficient (Wildman–Crippen LogP) is 0.680. The lowest BCUT2D eigenvalue weighted by atomic mass is 10.0. The van der Waals surface area contributed by atoms with Gasteiger partial charge < -0.3 is 9.84 Å². The van der Waals surface area contributed by atoms with Crippen LogP contribution in [0.15, 0.2) is 0 Å². The minimum absolute atomic E-state index is 0.0878. The summed E-state index contributed by atoms with van der Waals surface area (Å²) in [4.78, 5) is 11.1. The highest BCUT2D eigenvalue weighted by molar-refractivity contribution is 7.89. The van der Waals surface area contributed by atoms with Gasteiger partial charge in [0.05, 0.1) is 30.4 Å². The van der Waals surface area contributed by atoms with Gasteiger partial charge in [0, 0.05) is 7.05 Å². The maximum Gasteiger partial charge on any atom is 0.310 e. The molecule has 1 heterocycles. The summed E-state index contributed by atoms with van der Waals surface area (Å²) in [5.41, 5.74) is 0. The molecule has 0 spiro atoms. The van der Waals surface area contributed by atoms with Crippen LogP contribution in [0, 0.1) is 5.92 Å². The number of likely N-dealkylation sites (N-methyl/N-ethyl adjacent to an activating group) is 1. The fraction of sp³-hybridized carbons (Fsp3) is 0.917. The Bertz CT molecular complexity index is 429. The zero-order valence-electron chi connectivity index (χ0n) is 11.1. The van der Waals surface area contributed by atoms with E-state index in [0.717, 1.165) is 19.3 Å². The number of carbonyl (C=O) groups is 1. The van der Waals surface area contributed by atoms with Gasteiger partial charge in [-0.25, -0.2) is 8.42 Å². The Morgan fingerprint density at radius 1 is 1.21 bits per heavy atom. The van der Waals surface area contributed by atoms with Crippen LogP contribution in [-0.2, 0) is 19.6 Å². The monoisotopic (exact) mass is 291 g/mol. The van der Waals surface area contributed by atoms with Gasteiger partial charge >= 0.3 is 5.97 Å². The third-order valence-corrected chi connectivity index (χ3v) is 6.60. The lowest BCUT2D eigenvalue weighted by Crippen LogP contribution is -2.47. The van der Waals surface area contributed by atoms with Crippen molar-refractivity contribution in [3.8, 4) is 0 Å². The van der Waals surface area contributed by atoms with Crippen molar-refractivity contribution in [3.05, 3.63) is 0 Å². The summed E-state index contributed by atoms with van der Waals surface area (Å²) in [7, 11) is -1.94. The number of ether oxygens (including phenoxy) is 1. The molecule has 2 rings (SSSR count). The van der Waals surface area contributed by atoms with Gasteiger partial charge in [-0.1, -0.05) is 19.3 Å². The average Bonchev–Trinajstić information content (AvgIpc) is 2.88. The summed E-state index contributed by atoms with van der Waals surface area (Å²) in [6.45, 7) is 0.254. The van der Waals surface area contributed by atoms with Crippen molar-refractivity contribution in [3.63, 3.8) is 0 Å². The lowest BCUT2D eigenvalue weighted by Gasteiger charge is -2.31. The highest BCUT2D eigenvalue weighted by Gasteiger charge is 2.43. The Hall–Kier alpha value is -0.660. The molecule has 1 aliphatic carbocycles. The summed E-state index contributed by atoms with van der Waals surface area (Å²) in [6.07, 6.45) is 4.30. The second-order valence-electron chi connectivity index (χ2n) is 5.37. The molecule has 7 heteroatoms. The molecule has 19 heavy (non-hydrogen) atoms. The van der Waals surface area contributed by atoms with Crippen LogP contribution < -0.4 is 0 Å². The highest BCUT2D eigenvalue weighted by atomic mass is 32.2. The van der Waals surface area contributed by atoms with Gasteiger partial charge in [-0.15, -0.1) is 0 Å². The Morgan fingerprint density at radius 2 is 1.84 bits per heavy atom. The van der Waals surface area contributed by atoms with Crippen LogP contribution in [0.1, 0.15) is 32.1 Å². The molecule has 1 saturated heterocycles. The average molecular weight is 291 g/mol. The first kappa shape index (κ1) is 14.7. The van der Waals surface area contributed by atoms with Crippen LogP contribution in [0.5, 0.6) is 0 Å². The smallest absolute Gasteiger partial charge is 0.310 e. The molecular weight excluding hydrogens is 270 g/mol. The summed E-state index contributed by atoms with van der Waals surface area (Å²) < 4.78 is 31.4. The number of rotatable bonds is 4. The van der Waals surface area contributed by atoms with E-state index in [9.17, 15) is 13.2 Å². The molecule has 0 bridgehead atoms. The molecule has 2 atom stereocenters. The highest BCUT2D eigenvalue weighted by Crippen LogP contribution is 2.29. The van der Waals surface area contributed by atoms with Crippen LogP contribution in [-0.4, -0.2) is 55.4 Å². The molecule has 6 nitrogen and oxygen atoms in total. The summed E-state index contributed by atoms with van der Waals surface area (Å²) in [5, 5.41) is 8.75. The zero-order valence-corrected chi connectivity index (χ0v) is 11.9. The molecule has 0 aromatic rings. The molecule has 1 N–H and O–H groups in total. The molecule has 2 unspecified atom stereocenters. The number of aliphatic carboxylic acids is 1. The van der Waals surface area contributed by atoms with Crippen molar-refractivity contribution in [2.75, 3.05) is 20.3 Å². The van der Waals surface area contributed by atoms with Crippen molar-refractivity contribution in [1.29, 1.82) is 0 Å². The normalized spacial score (nSPS) is 29.8. The van der Waals surface area contributed by atoms with E-state index in [4.69, 9.17) is 9.84 Å². The number of nitrogens with zero attached hydrogens (tertiary/aromatic N) is 1. The minimum Gasteiger partial charge on any atom is -0.481 e. The fourth-order valence-electron chi connectivity index (χ4n) is 2.92. The first-order valence-electron chi connectivity index (χ1n) is 6.72. The second-order valence-corrected chi connectivity index (χ2v) is 7.64. The molecule has 1 aliphatic heterocycles. The van der Waals surface area contributed by atoms with Gasteiger partial charge in [-0.2, -0.15) is 4.31 Å². The topological polar surface area (TPSA) is 83.9 Å². The van der Waals surface area contributed by atoms with E-state index in [1.807, 2.05) is 0 Å². The van der Waals surface area contributed by atoms with Crippen molar-refractivity contribution in [2.24, 2.45) is 5.92 Å². The van der Waals surface area contributed by atoms with E-state index in [1.54, 1.807) is 0 Å². The molecule has 0 radical (unpaired) electrons. The van der Waals surface area contributed by atoms with Crippen LogP contribution >= 0.6 is 0 Å². The van der Waals surface area contributed by atoms with E-state index in [-0.39, 0.29) is 18.5 Å². The van der Waals surface area contributed by atoms with E-state index < -0.39 is 28.0 Å².